The van der Waals surface area contributed by atoms with E-state index >= 15 is 0 Å². The molecule has 2 N–H and O–H groups in total. The Kier molecular flexibility index (Phi) is 5.84. The highest BCUT2D eigenvalue weighted by atomic mass is 32.1. The zero-order valence-corrected chi connectivity index (χ0v) is 20.3. The highest BCUT2D eigenvalue weighted by molar-refractivity contribution is 7.22. The van der Waals surface area contributed by atoms with E-state index < -0.39 is 0 Å². The predicted molar refractivity (Wildman–Crippen MR) is 137 cm³/mol. The van der Waals surface area contributed by atoms with E-state index in [9.17, 15) is 5.11 Å². The Hall–Kier alpha value is -2.75. The first-order chi connectivity index (χ1) is 16.6. The van der Waals surface area contributed by atoms with Gasteiger partial charge in [-0.1, -0.05) is 30.2 Å². The summed E-state index contributed by atoms with van der Waals surface area (Å²) in [6.45, 7) is 4.11. The predicted octanol–water partition coefficient (Wildman–Crippen LogP) is 3.40. The molecule has 2 unspecified atom stereocenters. The van der Waals surface area contributed by atoms with Gasteiger partial charge in [-0.05, 0) is 49.7 Å². The van der Waals surface area contributed by atoms with Crippen LogP contribution in [0.25, 0.3) is 15.9 Å². The van der Waals surface area contributed by atoms with Crippen molar-refractivity contribution in [1.29, 1.82) is 0 Å². The minimum Gasteiger partial charge on any atom is -0.391 e. The summed E-state index contributed by atoms with van der Waals surface area (Å²) >= 11 is 1.66. The first kappa shape index (κ1) is 21.8. The lowest BCUT2D eigenvalue weighted by Gasteiger charge is -2.33. The van der Waals surface area contributed by atoms with Gasteiger partial charge in [0, 0.05) is 32.6 Å². The van der Waals surface area contributed by atoms with Gasteiger partial charge in [-0.15, -0.1) is 5.10 Å². The van der Waals surface area contributed by atoms with Crippen molar-refractivity contribution in [2.75, 3.05) is 43.4 Å². The second kappa shape index (κ2) is 9.13. The molecule has 1 saturated heterocycles. The third kappa shape index (κ3) is 4.35. The first-order valence-corrected chi connectivity index (χ1v) is 13.1. The molecule has 4 aromatic rings. The molecule has 2 aliphatic rings. The van der Waals surface area contributed by atoms with Crippen LogP contribution in [0.15, 0.2) is 36.5 Å². The van der Waals surface area contributed by atoms with Gasteiger partial charge in [0.2, 0.25) is 0 Å². The molecule has 2 fully saturated rings. The number of piperazine rings is 1. The van der Waals surface area contributed by atoms with E-state index in [2.05, 4.69) is 57.5 Å². The van der Waals surface area contributed by atoms with Crippen molar-refractivity contribution in [3.05, 3.63) is 47.8 Å². The lowest BCUT2D eigenvalue weighted by atomic mass is 9.93. The van der Waals surface area contributed by atoms with Crippen LogP contribution in [0.2, 0.25) is 0 Å². The Labute approximate surface area is 203 Å². The molecule has 6 rings (SSSR count). The third-order valence-corrected chi connectivity index (χ3v) is 8.07. The van der Waals surface area contributed by atoms with Crippen LogP contribution in [0.5, 0.6) is 0 Å². The SMILES string of the molecule is CN1CCN(c2ccc3ncc(Cc4ccc5nc(NC6CCCCC6O)sc5c4)n3n2)CC1. The molecule has 8 nitrogen and oxygen atoms in total. The van der Waals surface area contributed by atoms with Crippen LogP contribution >= 0.6 is 11.3 Å². The Bertz CT molecular complexity index is 1290. The number of nitrogens with one attached hydrogen (secondary N) is 1. The Morgan fingerprint density at radius 3 is 2.79 bits per heavy atom. The number of likely N-dealkylation sites (N-methyl/N-ethyl adjacent to an activating group) is 1. The van der Waals surface area contributed by atoms with Crippen LogP contribution in [0.1, 0.15) is 36.9 Å². The number of aliphatic hydroxyl groups is 1. The lowest BCUT2D eigenvalue weighted by molar-refractivity contribution is 0.116. The smallest absolute Gasteiger partial charge is 0.184 e. The van der Waals surface area contributed by atoms with Gasteiger partial charge in [0.15, 0.2) is 10.8 Å². The number of nitrogens with zero attached hydrogens (tertiary/aromatic N) is 6. The zero-order chi connectivity index (χ0) is 23.1. The van der Waals surface area contributed by atoms with E-state index in [0.29, 0.717) is 0 Å². The van der Waals surface area contributed by atoms with Gasteiger partial charge in [0.25, 0.3) is 0 Å². The summed E-state index contributed by atoms with van der Waals surface area (Å²) in [7, 11) is 2.17. The van der Waals surface area contributed by atoms with Gasteiger partial charge in [-0.2, -0.15) is 0 Å². The van der Waals surface area contributed by atoms with Gasteiger partial charge in [-0.3, -0.25) is 0 Å². The van der Waals surface area contributed by atoms with Crippen molar-refractivity contribution in [3.63, 3.8) is 0 Å². The lowest BCUT2D eigenvalue weighted by Crippen LogP contribution is -2.44. The molecule has 1 aromatic carbocycles. The minimum atomic E-state index is -0.283. The number of fused-ring (bicyclic) bond motifs is 2. The molecule has 0 spiro atoms. The summed E-state index contributed by atoms with van der Waals surface area (Å²) in [6.07, 6.45) is 6.55. The van der Waals surface area contributed by atoms with E-state index in [1.807, 2.05) is 10.7 Å². The van der Waals surface area contributed by atoms with Gasteiger partial charge in [0.05, 0.1) is 34.3 Å². The maximum atomic E-state index is 10.3. The summed E-state index contributed by atoms with van der Waals surface area (Å²) in [6, 6.07) is 10.7. The number of rotatable bonds is 5. The first-order valence-electron chi connectivity index (χ1n) is 12.2. The number of aromatic nitrogens is 4. The maximum Gasteiger partial charge on any atom is 0.184 e. The quantitative estimate of drug-likeness (QED) is 0.456. The summed E-state index contributed by atoms with van der Waals surface area (Å²) in [5.74, 6) is 1.01. The molecule has 1 saturated carbocycles. The molecule has 2 atom stereocenters. The average Bonchev–Trinajstić information content (AvgIpc) is 3.44. The van der Waals surface area contributed by atoms with E-state index in [-0.39, 0.29) is 12.1 Å². The molecule has 0 radical (unpaired) electrons. The summed E-state index contributed by atoms with van der Waals surface area (Å²) in [4.78, 5) is 14.0. The Morgan fingerprint density at radius 1 is 1.09 bits per heavy atom. The van der Waals surface area contributed by atoms with Crippen LogP contribution < -0.4 is 10.2 Å². The highest BCUT2D eigenvalue weighted by Gasteiger charge is 2.24. The topological polar surface area (TPSA) is 81.8 Å². The van der Waals surface area contributed by atoms with Crippen molar-refractivity contribution in [1.82, 2.24) is 24.5 Å². The molecule has 34 heavy (non-hydrogen) atoms. The molecule has 178 valence electrons. The number of aliphatic hydroxyl groups excluding tert-OH is 1. The molecule has 1 aliphatic heterocycles. The molecule has 3 aromatic heterocycles. The fourth-order valence-electron chi connectivity index (χ4n) is 5.02. The molecule has 1 aliphatic carbocycles. The summed E-state index contributed by atoms with van der Waals surface area (Å²) in [5, 5.41) is 19.6. The minimum absolute atomic E-state index is 0.104. The summed E-state index contributed by atoms with van der Waals surface area (Å²) in [5.41, 5.74) is 4.17. The Balaban J connectivity index is 1.22. The second-order valence-electron chi connectivity index (χ2n) is 9.60. The van der Waals surface area contributed by atoms with Crippen LogP contribution in [-0.4, -0.2) is 75.0 Å². The molecular formula is C25H31N7OS. The number of benzene rings is 1. The number of hydrogen-bond acceptors (Lipinski definition) is 8. The summed E-state index contributed by atoms with van der Waals surface area (Å²) < 4.78 is 3.15. The number of anilines is 2. The second-order valence-corrected chi connectivity index (χ2v) is 10.6. The molecule has 0 amide bonds. The largest absolute Gasteiger partial charge is 0.391 e. The van der Waals surface area contributed by atoms with Crippen molar-refractivity contribution in [3.8, 4) is 0 Å². The monoisotopic (exact) mass is 477 g/mol. The molecule has 9 heteroatoms. The van der Waals surface area contributed by atoms with Crippen LogP contribution in [-0.2, 0) is 6.42 Å². The van der Waals surface area contributed by atoms with E-state index in [4.69, 9.17) is 10.1 Å². The number of thiazole rings is 1. The third-order valence-electron chi connectivity index (χ3n) is 7.12. The molecule has 4 heterocycles. The van der Waals surface area contributed by atoms with E-state index in [0.717, 1.165) is 90.8 Å². The van der Waals surface area contributed by atoms with Crippen LogP contribution in [0.3, 0.4) is 0 Å². The van der Waals surface area contributed by atoms with Gasteiger partial charge >= 0.3 is 0 Å². The van der Waals surface area contributed by atoms with Gasteiger partial charge < -0.3 is 20.2 Å². The molecular weight excluding hydrogens is 446 g/mol. The van der Waals surface area contributed by atoms with E-state index in [1.54, 1.807) is 11.3 Å². The highest BCUT2D eigenvalue weighted by Crippen LogP contribution is 2.30. The van der Waals surface area contributed by atoms with Crippen molar-refractivity contribution in [2.24, 2.45) is 0 Å². The molecule has 0 bridgehead atoms. The standard InChI is InChI=1S/C25H31N7OS/c1-30-10-12-31(13-11-30)24-9-8-23-26-16-18(32(23)29-24)14-17-6-7-20-22(15-17)34-25(28-20)27-19-4-2-3-5-21(19)33/h6-9,15-16,19,21,33H,2-5,10-14H2,1H3,(H,27,28). The van der Waals surface area contributed by atoms with Crippen LogP contribution in [0.4, 0.5) is 10.9 Å². The van der Waals surface area contributed by atoms with Crippen molar-refractivity contribution in [2.45, 2.75) is 44.2 Å². The van der Waals surface area contributed by atoms with Crippen LogP contribution in [0, 0.1) is 0 Å². The van der Waals surface area contributed by atoms with Gasteiger partial charge in [-0.25, -0.2) is 14.5 Å². The normalized spacial score (nSPS) is 22.0. The number of hydrogen-bond donors (Lipinski definition) is 2. The zero-order valence-electron chi connectivity index (χ0n) is 19.5. The average molecular weight is 478 g/mol. The number of imidazole rings is 1. The van der Waals surface area contributed by atoms with E-state index in [1.165, 1.54) is 5.56 Å². The van der Waals surface area contributed by atoms with Crippen molar-refractivity contribution < 1.29 is 5.11 Å². The fourth-order valence-corrected chi connectivity index (χ4v) is 6.02. The fraction of sp³-hybridized carbons (Fsp3) is 0.480. The van der Waals surface area contributed by atoms with Gasteiger partial charge in [0.1, 0.15) is 5.82 Å². The maximum absolute atomic E-state index is 10.3. The van der Waals surface area contributed by atoms with Crippen molar-refractivity contribution >= 4 is 38.2 Å². The Morgan fingerprint density at radius 2 is 1.94 bits per heavy atom.